The number of nitrogens with zero attached hydrogens (tertiary/aromatic N) is 1. The van der Waals surface area contributed by atoms with Gasteiger partial charge in [0, 0.05) is 17.5 Å². The van der Waals surface area contributed by atoms with E-state index in [1.807, 2.05) is 0 Å². The number of carbonyl (C=O) groups excluding carboxylic acids is 1. The number of rotatable bonds is 3. The monoisotopic (exact) mass is 238 g/mol. The summed E-state index contributed by atoms with van der Waals surface area (Å²) in [6, 6.07) is 0. The lowest BCUT2D eigenvalue weighted by Gasteiger charge is -2.25. The van der Waals surface area contributed by atoms with Gasteiger partial charge in [-0.15, -0.1) is 11.3 Å². The molecule has 0 radical (unpaired) electrons. The van der Waals surface area contributed by atoms with Crippen LogP contribution in [0.25, 0.3) is 0 Å². The minimum atomic E-state index is -4.73. The van der Waals surface area contributed by atoms with Gasteiger partial charge in [0.05, 0.1) is 5.51 Å². The van der Waals surface area contributed by atoms with Gasteiger partial charge < -0.3 is 5.73 Å². The Hall–Kier alpha value is -0.950. The normalized spacial score (nSPS) is 16.1. The van der Waals surface area contributed by atoms with Crippen molar-refractivity contribution >= 4 is 17.1 Å². The molecule has 0 aliphatic heterocycles. The maximum absolute atomic E-state index is 12.4. The zero-order valence-electron chi connectivity index (χ0n) is 7.84. The van der Waals surface area contributed by atoms with Crippen LogP contribution in [0, 0.1) is 0 Å². The molecule has 1 aromatic rings. The van der Waals surface area contributed by atoms with E-state index < -0.39 is 17.5 Å². The van der Waals surface area contributed by atoms with Crippen molar-refractivity contribution in [2.45, 2.75) is 25.1 Å². The summed E-state index contributed by atoms with van der Waals surface area (Å²) in [5, 5.41) is 0. The van der Waals surface area contributed by atoms with Crippen LogP contribution in [0.5, 0.6) is 0 Å². The predicted octanol–water partition coefficient (Wildman–Crippen LogP) is 1.53. The number of thiazole rings is 1. The van der Waals surface area contributed by atoms with Crippen molar-refractivity contribution in [3.63, 3.8) is 0 Å². The Bertz CT molecular complexity index is 345. The maximum atomic E-state index is 12.4. The number of halogens is 3. The topological polar surface area (TPSA) is 56.0 Å². The molecule has 0 aliphatic rings. The second-order valence-electron chi connectivity index (χ2n) is 3.27. The largest absolute Gasteiger partial charge is 0.413 e. The Morgan fingerprint density at radius 3 is 2.60 bits per heavy atom. The third kappa shape index (κ3) is 2.54. The molecule has 1 rings (SSSR count). The van der Waals surface area contributed by atoms with Crippen molar-refractivity contribution < 1.29 is 18.0 Å². The number of nitrogens with two attached hydrogens (primary N) is 1. The van der Waals surface area contributed by atoms with Crippen LogP contribution >= 0.6 is 11.3 Å². The van der Waals surface area contributed by atoms with E-state index in [9.17, 15) is 18.0 Å². The fraction of sp³-hybridized carbons (Fsp3) is 0.500. The van der Waals surface area contributed by atoms with Crippen LogP contribution in [0.15, 0.2) is 11.7 Å². The summed E-state index contributed by atoms with van der Waals surface area (Å²) in [7, 11) is 0. The minimum absolute atomic E-state index is 0.336. The number of hydrogen-bond acceptors (Lipinski definition) is 4. The summed E-state index contributed by atoms with van der Waals surface area (Å²) in [5.74, 6) is -1.06. The van der Waals surface area contributed by atoms with Crippen LogP contribution in [-0.4, -0.2) is 22.5 Å². The molecule has 2 N–H and O–H groups in total. The zero-order chi connectivity index (χ0) is 11.7. The first-order valence-electron chi connectivity index (χ1n) is 4.01. The fourth-order valence-electron chi connectivity index (χ4n) is 0.829. The molecule has 0 aromatic carbocycles. The molecular weight excluding hydrogens is 229 g/mol. The van der Waals surface area contributed by atoms with E-state index >= 15 is 0 Å². The summed E-state index contributed by atoms with van der Waals surface area (Å²) in [6.45, 7) is 0.677. The third-order valence-electron chi connectivity index (χ3n) is 1.99. The molecule has 15 heavy (non-hydrogen) atoms. The van der Waals surface area contributed by atoms with E-state index in [4.69, 9.17) is 5.73 Å². The lowest BCUT2D eigenvalue weighted by molar-refractivity contribution is -0.185. The zero-order valence-corrected chi connectivity index (χ0v) is 8.65. The lowest BCUT2D eigenvalue weighted by Crippen LogP contribution is -2.57. The second-order valence-corrected chi connectivity index (χ2v) is 4.24. The molecule has 0 saturated carbocycles. The molecule has 0 bridgehead atoms. The second kappa shape index (κ2) is 3.90. The predicted molar refractivity (Wildman–Crippen MR) is 49.5 cm³/mol. The number of ketones is 1. The van der Waals surface area contributed by atoms with Crippen molar-refractivity contribution in [1.29, 1.82) is 0 Å². The molecule has 7 heteroatoms. The van der Waals surface area contributed by atoms with E-state index in [1.165, 1.54) is 11.7 Å². The smallest absolute Gasteiger partial charge is 0.312 e. The number of carbonyl (C=O) groups is 1. The summed E-state index contributed by atoms with van der Waals surface area (Å²) in [5.41, 5.74) is 3.62. The Morgan fingerprint density at radius 2 is 2.20 bits per heavy atom. The highest BCUT2D eigenvalue weighted by Gasteiger charge is 2.53. The van der Waals surface area contributed by atoms with E-state index in [0.29, 0.717) is 11.8 Å². The highest BCUT2D eigenvalue weighted by molar-refractivity contribution is 7.09. The van der Waals surface area contributed by atoms with Crippen LogP contribution in [0.3, 0.4) is 0 Å². The molecule has 1 atom stereocenters. The highest BCUT2D eigenvalue weighted by atomic mass is 32.1. The van der Waals surface area contributed by atoms with Crippen LogP contribution in [0.4, 0.5) is 13.2 Å². The number of aromatic nitrogens is 1. The van der Waals surface area contributed by atoms with Crippen LogP contribution < -0.4 is 5.73 Å². The third-order valence-corrected chi connectivity index (χ3v) is 2.77. The minimum Gasteiger partial charge on any atom is -0.312 e. The summed E-state index contributed by atoms with van der Waals surface area (Å²) in [6.07, 6.45) is -3.71. The van der Waals surface area contributed by atoms with Gasteiger partial charge in [0.1, 0.15) is 0 Å². The summed E-state index contributed by atoms with van der Waals surface area (Å²) >= 11 is 1.12. The number of hydrogen-bond donors (Lipinski definition) is 1. The standard InChI is InChI=1S/C8H9F3N2OS/c1-7(12,8(9,10)11)6(14)2-5-3-13-4-15-5/h3-4H,2,12H2,1H3. The lowest BCUT2D eigenvalue weighted by atomic mass is 9.94. The molecule has 0 saturated heterocycles. The van der Waals surface area contributed by atoms with E-state index in [-0.39, 0.29) is 6.42 Å². The summed E-state index contributed by atoms with van der Waals surface area (Å²) < 4.78 is 37.1. The Kier molecular flexibility index (Phi) is 3.15. The molecule has 0 fully saturated rings. The van der Waals surface area contributed by atoms with E-state index in [0.717, 1.165) is 11.3 Å². The molecule has 0 spiro atoms. The van der Waals surface area contributed by atoms with Crippen LogP contribution in [0.1, 0.15) is 11.8 Å². The first-order valence-corrected chi connectivity index (χ1v) is 4.89. The molecule has 1 unspecified atom stereocenters. The van der Waals surface area contributed by atoms with Gasteiger partial charge in [0.25, 0.3) is 0 Å². The van der Waals surface area contributed by atoms with Crippen molar-refractivity contribution in [1.82, 2.24) is 4.98 Å². The quantitative estimate of drug-likeness (QED) is 0.868. The summed E-state index contributed by atoms with van der Waals surface area (Å²) in [4.78, 5) is 15.4. The average Bonchev–Trinajstić information content (AvgIpc) is 2.54. The molecule has 84 valence electrons. The maximum Gasteiger partial charge on any atom is 0.413 e. The number of alkyl halides is 3. The van der Waals surface area contributed by atoms with Gasteiger partial charge in [0.15, 0.2) is 11.3 Å². The number of Topliss-reactive ketones (excluding diaryl/α,β-unsaturated/α-hetero) is 1. The van der Waals surface area contributed by atoms with Crippen molar-refractivity contribution in [2.75, 3.05) is 0 Å². The Balaban J connectivity index is 2.77. The first-order chi connectivity index (χ1) is 6.75. The van der Waals surface area contributed by atoms with Crippen LogP contribution in [0.2, 0.25) is 0 Å². The highest BCUT2D eigenvalue weighted by Crippen LogP contribution is 2.29. The van der Waals surface area contributed by atoms with Gasteiger partial charge in [-0.2, -0.15) is 13.2 Å². The molecule has 1 aromatic heterocycles. The van der Waals surface area contributed by atoms with Crippen molar-refractivity contribution in [2.24, 2.45) is 5.73 Å². The Morgan fingerprint density at radius 1 is 1.60 bits per heavy atom. The van der Waals surface area contributed by atoms with Crippen molar-refractivity contribution in [3.8, 4) is 0 Å². The van der Waals surface area contributed by atoms with Gasteiger partial charge >= 0.3 is 6.18 Å². The molecule has 3 nitrogen and oxygen atoms in total. The SMILES string of the molecule is CC(N)(C(=O)Cc1cncs1)C(F)(F)F. The van der Waals surface area contributed by atoms with Gasteiger partial charge in [-0.1, -0.05) is 0 Å². The Labute approximate surface area is 88.1 Å². The van der Waals surface area contributed by atoms with Crippen LogP contribution in [-0.2, 0) is 11.2 Å². The molecule has 0 amide bonds. The van der Waals surface area contributed by atoms with Crippen molar-refractivity contribution in [3.05, 3.63) is 16.6 Å². The van der Waals surface area contributed by atoms with Gasteiger partial charge in [-0.25, -0.2) is 0 Å². The molecule has 0 aliphatic carbocycles. The van der Waals surface area contributed by atoms with E-state index in [1.54, 1.807) is 0 Å². The van der Waals surface area contributed by atoms with Gasteiger partial charge in [0.2, 0.25) is 0 Å². The molecular formula is C8H9F3N2OS. The van der Waals surface area contributed by atoms with Gasteiger partial charge in [-0.05, 0) is 6.92 Å². The molecule has 1 heterocycles. The fourth-order valence-corrected chi connectivity index (χ4v) is 1.42. The van der Waals surface area contributed by atoms with E-state index in [2.05, 4.69) is 4.98 Å². The average molecular weight is 238 g/mol. The first kappa shape index (κ1) is 12.1. The van der Waals surface area contributed by atoms with Gasteiger partial charge in [-0.3, -0.25) is 9.78 Å².